The molecule has 0 aromatic heterocycles. The fourth-order valence-electron chi connectivity index (χ4n) is 0.969. The third-order valence-electron chi connectivity index (χ3n) is 1.62. The van der Waals surface area contributed by atoms with Gasteiger partial charge in [-0.2, -0.15) is 0 Å². The highest BCUT2D eigenvalue weighted by Crippen LogP contribution is 1.94. The van der Waals surface area contributed by atoms with Gasteiger partial charge < -0.3 is 15.8 Å². The molecule has 4 nitrogen and oxygen atoms in total. The first-order valence-electron chi connectivity index (χ1n) is 4.24. The average Bonchev–Trinajstić information content (AvgIpc) is 2.03. The summed E-state index contributed by atoms with van der Waals surface area (Å²) in [6.07, 6.45) is 1.74. The zero-order chi connectivity index (χ0) is 9.40. The molecular weight excluding hydrogens is 156 g/mol. The Bertz CT molecular complexity index is 128. The second kappa shape index (κ2) is 7.06. The zero-order valence-electron chi connectivity index (χ0n) is 7.80. The summed E-state index contributed by atoms with van der Waals surface area (Å²) < 4.78 is 4.84. The lowest BCUT2D eigenvalue weighted by atomic mass is 10.1. The van der Waals surface area contributed by atoms with Crippen LogP contribution in [0.1, 0.15) is 19.8 Å². The Morgan fingerprint density at radius 2 is 2.33 bits per heavy atom. The number of carbonyl (C=O) groups excluding carboxylic acids is 1. The van der Waals surface area contributed by atoms with Crippen LogP contribution >= 0.6 is 0 Å². The van der Waals surface area contributed by atoms with Gasteiger partial charge in [-0.15, -0.1) is 0 Å². The van der Waals surface area contributed by atoms with Gasteiger partial charge in [0.2, 0.25) is 5.91 Å². The highest BCUT2D eigenvalue weighted by Gasteiger charge is 2.11. The molecule has 12 heavy (non-hydrogen) atoms. The minimum atomic E-state index is -0.284. The highest BCUT2D eigenvalue weighted by molar-refractivity contribution is 5.79. The fraction of sp³-hybridized carbons (Fsp3) is 0.875. The summed E-state index contributed by atoms with van der Waals surface area (Å²) in [5.41, 5.74) is 5.16. The number of methoxy groups -OCH3 is 1. The van der Waals surface area contributed by atoms with Crippen molar-refractivity contribution in [1.82, 2.24) is 5.32 Å². The van der Waals surface area contributed by atoms with E-state index >= 15 is 0 Å². The van der Waals surface area contributed by atoms with Crippen molar-refractivity contribution in [3.63, 3.8) is 0 Å². The number of rotatable bonds is 7. The molecule has 0 bridgehead atoms. The van der Waals surface area contributed by atoms with Gasteiger partial charge in [0.15, 0.2) is 0 Å². The largest absolute Gasteiger partial charge is 0.383 e. The van der Waals surface area contributed by atoms with E-state index < -0.39 is 0 Å². The maximum atomic E-state index is 10.8. The predicted molar refractivity (Wildman–Crippen MR) is 47.8 cm³/mol. The summed E-state index contributed by atoms with van der Waals surface area (Å²) in [6.45, 7) is 3.30. The first kappa shape index (κ1) is 11.4. The molecule has 1 unspecified atom stereocenters. The van der Waals surface area contributed by atoms with Crippen LogP contribution in [0.25, 0.3) is 0 Å². The van der Waals surface area contributed by atoms with E-state index in [1.807, 2.05) is 6.92 Å². The monoisotopic (exact) mass is 174 g/mol. The van der Waals surface area contributed by atoms with Gasteiger partial charge in [0.05, 0.1) is 12.6 Å². The molecule has 0 fully saturated rings. The van der Waals surface area contributed by atoms with E-state index in [0.29, 0.717) is 13.2 Å². The Morgan fingerprint density at radius 1 is 1.67 bits per heavy atom. The molecule has 0 saturated carbocycles. The van der Waals surface area contributed by atoms with Gasteiger partial charge in [0.25, 0.3) is 0 Å². The van der Waals surface area contributed by atoms with Gasteiger partial charge in [0.1, 0.15) is 0 Å². The average molecular weight is 174 g/mol. The predicted octanol–water partition coefficient (Wildman–Crippen LogP) is -0.124. The Morgan fingerprint density at radius 3 is 2.75 bits per heavy atom. The lowest BCUT2D eigenvalue weighted by molar-refractivity contribution is -0.120. The van der Waals surface area contributed by atoms with Crippen LogP contribution in [0.5, 0.6) is 0 Å². The smallest absolute Gasteiger partial charge is 0.234 e. The van der Waals surface area contributed by atoms with Crippen molar-refractivity contribution in [1.29, 1.82) is 0 Å². The molecule has 3 N–H and O–H groups in total. The van der Waals surface area contributed by atoms with E-state index in [-0.39, 0.29) is 11.9 Å². The second-order valence-electron chi connectivity index (χ2n) is 2.69. The Labute approximate surface area is 73.5 Å². The van der Waals surface area contributed by atoms with Crippen molar-refractivity contribution in [2.75, 3.05) is 20.3 Å². The van der Waals surface area contributed by atoms with Crippen molar-refractivity contribution in [3.05, 3.63) is 0 Å². The van der Waals surface area contributed by atoms with Crippen LogP contribution in [0.4, 0.5) is 0 Å². The van der Waals surface area contributed by atoms with E-state index in [2.05, 4.69) is 5.32 Å². The molecule has 1 atom stereocenters. The lowest BCUT2D eigenvalue weighted by Gasteiger charge is -2.13. The maximum absolute atomic E-state index is 10.8. The summed E-state index contributed by atoms with van der Waals surface area (Å²) in [6, 6.07) is -0.204. The third-order valence-corrected chi connectivity index (χ3v) is 1.62. The number of primary amides is 1. The molecule has 4 heteroatoms. The molecule has 0 aromatic carbocycles. The molecule has 0 radical (unpaired) electrons. The molecule has 72 valence electrons. The molecule has 0 saturated heterocycles. The summed E-state index contributed by atoms with van der Waals surface area (Å²) in [5, 5.41) is 3.02. The number of nitrogens with one attached hydrogen (secondary N) is 1. The first-order valence-corrected chi connectivity index (χ1v) is 4.24. The quantitative estimate of drug-likeness (QED) is 0.529. The summed E-state index contributed by atoms with van der Waals surface area (Å²) in [5.74, 6) is -0.284. The molecule has 1 amide bonds. The standard InChI is InChI=1S/C8H18N2O2/c1-3-4-7(8(9)11)10-5-6-12-2/h7,10H,3-6H2,1-2H3,(H2,9,11). The number of carbonyl (C=O) groups is 1. The van der Waals surface area contributed by atoms with Gasteiger partial charge in [-0.3, -0.25) is 4.79 Å². The lowest BCUT2D eigenvalue weighted by Crippen LogP contribution is -2.42. The molecule has 0 aliphatic rings. The van der Waals surface area contributed by atoms with E-state index in [1.54, 1.807) is 7.11 Å². The van der Waals surface area contributed by atoms with Crippen molar-refractivity contribution in [2.24, 2.45) is 5.73 Å². The number of hydrogen-bond donors (Lipinski definition) is 2. The number of nitrogens with two attached hydrogens (primary N) is 1. The fourth-order valence-corrected chi connectivity index (χ4v) is 0.969. The van der Waals surface area contributed by atoms with Crippen LogP contribution in [-0.2, 0) is 9.53 Å². The van der Waals surface area contributed by atoms with Gasteiger partial charge in [0, 0.05) is 13.7 Å². The number of amides is 1. The van der Waals surface area contributed by atoms with E-state index in [4.69, 9.17) is 10.5 Å². The van der Waals surface area contributed by atoms with Crippen molar-refractivity contribution in [3.8, 4) is 0 Å². The van der Waals surface area contributed by atoms with E-state index in [0.717, 1.165) is 12.8 Å². The summed E-state index contributed by atoms with van der Waals surface area (Å²) >= 11 is 0. The van der Waals surface area contributed by atoms with Crippen LogP contribution in [-0.4, -0.2) is 32.2 Å². The van der Waals surface area contributed by atoms with Crippen molar-refractivity contribution < 1.29 is 9.53 Å². The number of ether oxygens (including phenoxy) is 1. The third kappa shape index (κ3) is 5.09. The molecule has 0 aliphatic carbocycles. The summed E-state index contributed by atoms with van der Waals surface area (Å²) in [7, 11) is 1.63. The summed E-state index contributed by atoms with van der Waals surface area (Å²) in [4.78, 5) is 10.8. The Kier molecular flexibility index (Phi) is 6.70. The molecule has 0 rings (SSSR count). The van der Waals surface area contributed by atoms with Crippen LogP contribution in [0, 0.1) is 0 Å². The Balaban J connectivity index is 3.56. The van der Waals surface area contributed by atoms with Crippen LogP contribution in [0.15, 0.2) is 0 Å². The highest BCUT2D eigenvalue weighted by atomic mass is 16.5. The molecular formula is C8H18N2O2. The van der Waals surface area contributed by atoms with Gasteiger partial charge >= 0.3 is 0 Å². The SMILES string of the molecule is CCCC(NCCOC)C(N)=O. The first-order chi connectivity index (χ1) is 5.72. The zero-order valence-corrected chi connectivity index (χ0v) is 7.80. The molecule has 0 spiro atoms. The van der Waals surface area contributed by atoms with Gasteiger partial charge in [-0.05, 0) is 6.42 Å². The topological polar surface area (TPSA) is 64.3 Å². The Hall–Kier alpha value is -0.610. The normalized spacial score (nSPS) is 12.8. The minimum absolute atomic E-state index is 0.204. The number of hydrogen-bond acceptors (Lipinski definition) is 3. The maximum Gasteiger partial charge on any atom is 0.234 e. The van der Waals surface area contributed by atoms with Gasteiger partial charge in [-0.1, -0.05) is 13.3 Å². The van der Waals surface area contributed by atoms with E-state index in [9.17, 15) is 4.79 Å². The van der Waals surface area contributed by atoms with E-state index in [1.165, 1.54) is 0 Å². The second-order valence-corrected chi connectivity index (χ2v) is 2.69. The van der Waals surface area contributed by atoms with Gasteiger partial charge in [-0.25, -0.2) is 0 Å². The van der Waals surface area contributed by atoms with Crippen LogP contribution in [0.2, 0.25) is 0 Å². The minimum Gasteiger partial charge on any atom is -0.383 e. The van der Waals surface area contributed by atoms with Crippen LogP contribution in [0.3, 0.4) is 0 Å². The molecule has 0 aromatic rings. The van der Waals surface area contributed by atoms with Crippen molar-refractivity contribution >= 4 is 5.91 Å². The van der Waals surface area contributed by atoms with Crippen LogP contribution < -0.4 is 11.1 Å². The molecule has 0 heterocycles. The molecule has 0 aliphatic heterocycles. The van der Waals surface area contributed by atoms with Crippen molar-refractivity contribution in [2.45, 2.75) is 25.8 Å².